The zero-order valence-corrected chi connectivity index (χ0v) is 14.3. The lowest BCUT2D eigenvalue weighted by molar-refractivity contribution is 0.289. The van der Waals surface area contributed by atoms with Crippen LogP contribution in [0.25, 0.3) is 0 Å². The van der Waals surface area contributed by atoms with Crippen LogP contribution in [0, 0.1) is 9.49 Å². The Morgan fingerprint density at radius 2 is 2.00 bits per heavy atom. The molecule has 1 aliphatic rings. The average molecular weight is 415 g/mol. The molecule has 0 radical (unpaired) electrons. The number of benzene rings is 1. The van der Waals surface area contributed by atoms with Crippen LogP contribution in [0.3, 0.4) is 0 Å². The molecule has 0 saturated carbocycles. The van der Waals surface area contributed by atoms with Crippen molar-refractivity contribution in [2.75, 3.05) is 17.8 Å². The minimum Gasteiger partial charge on any atom is -0.270 e. The first kappa shape index (κ1) is 15.3. The van der Waals surface area contributed by atoms with Crippen molar-refractivity contribution in [3.8, 4) is 0 Å². The van der Waals surface area contributed by atoms with E-state index in [1.54, 1.807) is 18.2 Å². The molecule has 1 aromatic rings. The van der Waals surface area contributed by atoms with Crippen LogP contribution in [0.4, 0.5) is 5.69 Å². The van der Waals surface area contributed by atoms with Crippen LogP contribution in [0.15, 0.2) is 18.2 Å². The highest BCUT2D eigenvalue weighted by molar-refractivity contribution is 14.1. The zero-order chi connectivity index (χ0) is 14.0. The maximum absolute atomic E-state index is 12.3. The van der Waals surface area contributed by atoms with Crippen LogP contribution in [0.1, 0.15) is 19.8 Å². The Bertz CT molecular complexity index is 557. The molecule has 0 aliphatic carbocycles. The van der Waals surface area contributed by atoms with Gasteiger partial charge >= 0.3 is 10.2 Å². The summed E-state index contributed by atoms with van der Waals surface area (Å²) in [5.41, 5.74) is 0.573. The summed E-state index contributed by atoms with van der Waals surface area (Å²) in [6.45, 7) is 3.32. The van der Waals surface area contributed by atoms with Gasteiger partial charge in [-0.1, -0.05) is 18.5 Å². The molecular weight excluding hydrogens is 399 g/mol. The van der Waals surface area contributed by atoms with Gasteiger partial charge in [0.1, 0.15) is 0 Å². The molecule has 7 heteroatoms. The lowest BCUT2D eigenvalue weighted by atomic mass is 10.0. The summed E-state index contributed by atoms with van der Waals surface area (Å²) in [5.74, 6) is 0.599. The fourth-order valence-corrected chi connectivity index (χ4v) is 4.47. The van der Waals surface area contributed by atoms with E-state index >= 15 is 0 Å². The number of hydrogen-bond acceptors (Lipinski definition) is 2. The molecular formula is C12H16ClIN2O2S. The molecule has 0 aromatic heterocycles. The van der Waals surface area contributed by atoms with Crippen molar-refractivity contribution < 1.29 is 8.42 Å². The van der Waals surface area contributed by atoms with Gasteiger partial charge in [-0.05, 0) is 59.5 Å². The minimum absolute atomic E-state index is 0.573. The van der Waals surface area contributed by atoms with Gasteiger partial charge < -0.3 is 0 Å². The Hall–Kier alpha value is -0.0500. The fraction of sp³-hybridized carbons (Fsp3) is 0.500. The van der Waals surface area contributed by atoms with Gasteiger partial charge in [0.25, 0.3) is 0 Å². The van der Waals surface area contributed by atoms with Crippen molar-refractivity contribution in [2.45, 2.75) is 19.8 Å². The number of piperidine rings is 1. The van der Waals surface area contributed by atoms with Crippen molar-refractivity contribution in [1.82, 2.24) is 4.31 Å². The van der Waals surface area contributed by atoms with Gasteiger partial charge in [-0.15, -0.1) is 0 Å². The molecule has 1 N–H and O–H groups in total. The predicted molar refractivity (Wildman–Crippen MR) is 86.7 cm³/mol. The highest BCUT2D eigenvalue weighted by Crippen LogP contribution is 2.25. The molecule has 0 unspecified atom stereocenters. The molecule has 0 bridgehead atoms. The molecule has 4 nitrogen and oxygen atoms in total. The van der Waals surface area contributed by atoms with Crippen LogP contribution in [0.5, 0.6) is 0 Å². The van der Waals surface area contributed by atoms with Gasteiger partial charge in [-0.25, -0.2) is 0 Å². The van der Waals surface area contributed by atoms with E-state index in [0.29, 0.717) is 29.7 Å². The van der Waals surface area contributed by atoms with Crippen molar-refractivity contribution >= 4 is 50.1 Å². The number of halogens is 2. The van der Waals surface area contributed by atoms with Crippen LogP contribution in [-0.4, -0.2) is 25.8 Å². The highest BCUT2D eigenvalue weighted by Gasteiger charge is 2.26. The third-order valence-electron chi connectivity index (χ3n) is 3.25. The molecule has 1 fully saturated rings. The summed E-state index contributed by atoms with van der Waals surface area (Å²) in [5, 5.41) is 0.596. The quantitative estimate of drug-likeness (QED) is 0.771. The Labute approximate surface area is 132 Å². The first-order chi connectivity index (χ1) is 8.88. The summed E-state index contributed by atoms with van der Waals surface area (Å²) in [6.07, 6.45) is 1.83. The van der Waals surface area contributed by atoms with Gasteiger partial charge in [-0.3, -0.25) is 4.72 Å². The van der Waals surface area contributed by atoms with Crippen molar-refractivity contribution in [3.05, 3.63) is 26.8 Å². The third kappa shape index (κ3) is 3.96. The molecule has 19 heavy (non-hydrogen) atoms. The number of nitrogens with one attached hydrogen (secondary N) is 1. The fourth-order valence-electron chi connectivity index (χ4n) is 2.00. The molecule has 1 aromatic carbocycles. The highest BCUT2D eigenvalue weighted by atomic mass is 127. The van der Waals surface area contributed by atoms with Crippen LogP contribution < -0.4 is 4.72 Å². The van der Waals surface area contributed by atoms with Gasteiger partial charge in [-0.2, -0.15) is 12.7 Å². The smallest absolute Gasteiger partial charge is 0.270 e. The maximum atomic E-state index is 12.3. The van der Waals surface area contributed by atoms with E-state index in [-0.39, 0.29) is 0 Å². The minimum atomic E-state index is -3.46. The number of rotatable bonds is 3. The number of anilines is 1. The third-order valence-corrected chi connectivity index (χ3v) is 5.90. The SMILES string of the molecule is CC1CCN(S(=O)(=O)Nc2ccc(Cl)cc2I)CC1. The van der Waals surface area contributed by atoms with Gasteiger partial charge in [0.15, 0.2) is 0 Å². The predicted octanol–water partition coefficient (Wildman–Crippen LogP) is 3.33. The van der Waals surface area contributed by atoms with E-state index in [2.05, 4.69) is 34.2 Å². The Morgan fingerprint density at radius 1 is 1.37 bits per heavy atom. The molecule has 1 saturated heterocycles. The monoisotopic (exact) mass is 414 g/mol. The lowest BCUT2D eigenvalue weighted by Gasteiger charge is -2.29. The first-order valence-electron chi connectivity index (χ1n) is 6.11. The largest absolute Gasteiger partial charge is 0.301 e. The Balaban J connectivity index is 2.12. The molecule has 0 spiro atoms. The normalized spacial score (nSPS) is 18.5. The summed E-state index contributed by atoms with van der Waals surface area (Å²) >= 11 is 7.93. The van der Waals surface area contributed by atoms with Crippen molar-refractivity contribution in [2.24, 2.45) is 5.92 Å². The zero-order valence-electron chi connectivity index (χ0n) is 10.6. The van der Waals surface area contributed by atoms with Crippen molar-refractivity contribution in [1.29, 1.82) is 0 Å². The number of nitrogens with zero attached hydrogens (tertiary/aromatic N) is 1. The average Bonchev–Trinajstić information content (AvgIpc) is 2.33. The van der Waals surface area contributed by atoms with Crippen molar-refractivity contribution in [3.63, 3.8) is 0 Å². The van der Waals surface area contributed by atoms with Gasteiger partial charge in [0.2, 0.25) is 0 Å². The van der Waals surface area contributed by atoms with Gasteiger partial charge in [0.05, 0.1) is 5.69 Å². The maximum Gasteiger partial charge on any atom is 0.301 e. The topological polar surface area (TPSA) is 49.4 Å². The second kappa shape index (κ2) is 6.15. The summed E-state index contributed by atoms with van der Waals surface area (Å²) < 4.78 is 29.5. The van der Waals surface area contributed by atoms with E-state index in [0.717, 1.165) is 16.4 Å². The summed E-state index contributed by atoms with van der Waals surface area (Å²) in [7, 11) is -3.46. The molecule has 0 amide bonds. The molecule has 1 aliphatic heterocycles. The standard InChI is InChI=1S/C12H16ClIN2O2S/c1-9-4-6-16(7-5-9)19(17,18)15-12-3-2-10(13)8-11(12)14/h2-3,8-9,15H,4-7H2,1H3. The molecule has 1 heterocycles. The van der Waals surface area contributed by atoms with E-state index < -0.39 is 10.2 Å². The van der Waals surface area contributed by atoms with E-state index in [1.165, 1.54) is 4.31 Å². The Kier molecular flexibility index (Phi) is 4.97. The van der Waals surface area contributed by atoms with E-state index in [1.807, 2.05) is 0 Å². The lowest BCUT2D eigenvalue weighted by Crippen LogP contribution is -2.41. The van der Waals surface area contributed by atoms with Crippen LogP contribution >= 0.6 is 34.2 Å². The Morgan fingerprint density at radius 3 is 2.58 bits per heavy atom. The summed E-state index contributed by atoms with van der Waals surface area (Å²) in [4.78, 5) is 0. The second-order valence-electron chi connectivity index (χ2n) is 4.81. The van der Waals surface area contributed by atoms with E-state index in [9.17, 15) is 8.42 Å². The molecule has 0 atom stereocenters. The second-order valence-corrected chi connectivity index (χ2v) is 8.08. The first-order valence-corrected chi connectivity index (χ1v) is 9.01. The summed E-state index contributed by atoms with van der Waals surface area (Å²) in [6, 6.07) is 5.10. The number of hydrogen-bond donors (Lipinski definition) is 1. The van der Waals surface area contributed by atoms with Crippen LogP contribution in [-0.2, 0) is 10.2 Å². The van der Waals surface area contributed by atoms with E-state index in [4.69, 9.17) is 11.6 Å². The van der Waals surface area contributed by atoms with Crippen LogP contribution in [0.2, 0.25) is 5.02 Å². The molecule has 2 rings (SSSR count). The molecule has 106 valence electrons. The van der Waals surface area contributed by atoms with Gasteiger partial charge in [0, 0.05) is 21.7 Å².